The van der Waals surface area contributed by atoms with E-state index < -0.39 is 10.0 Å². The van der Waals surface area contributed by atoms with E-state index >= 15 is 0 Å². The highest BCUT2D eigenvalue weighted by atomic mass is 32.2. The van der Waals surface area contributed by atoms with Gasteiger partial charge in [0.1, 0.15) is 0 Å². The lowest BCUT2D eigenvalue weighted by atomic mass is 10.4. The van der Waals surface area contributed by atoms with E-state index in [4.69, 9.17) is 0 Å². The molecule has 1 rings (SSSR count). The molecule has 1 heterocycles. The molecule has 1 N–H and O–H groups in total. The summed E-state index contributed by atoms with van der Waals surface area (Å²) < 4.78 is 24.2. The average Bonchev–Trinajstić information content (AvgIpc) is 2.40. The molecule has 0 aliphatic carbocycles. The molecule has 13 heavy (non-hydrogen) atoms. The fourth-order valence-corrected chi connectivity index (χ4v) is 2.88. The van der Waals surface area contributed by atoms with Gasteiger partial charge in [0, 0.05) is 26.2 Å². The lowest BCUT2D eigenvalue weighted by Gasteiger charge is -2.13. The van der Waals surface area contributed by atoms with Crippen LogP contribution in [0.25, 0.3) is 0 Å². The first-order valence-electron chi connectivity index (χ1n) is 4.46. The van der Waals surface area contributed by atoms with Crippen molar-refractivity contribution >= 4 is 10.0 Å². The first kappa shape index (κ1) is 10.7. The van der Waals surface area contributed by atoms with Crippen LogP contribution in [0.4, 0.5) is 0 Å². The van der Waals surface area contributed by atoms with Crippen LogP contribution >= 0.6 is 0 Å². The van der Waals surface area contributed by atoms with Gasteiger partial charge in [-0.05, 0) is 6.42 Å². The molecule has 1 aliphatic heterocycles. The van der Waals surface area contributed by atoms with Crippen LogP contribution in [0, 0.1) is 0 Å². The van der Waals surface area contributed by atoms with E-state index in [1.165, 1.54) is 0 Å². The normalized spacial score (nSPS) is 21.8. The van der Waals surface area contributed by atoms with Crippen LogP contribution < -0.4 is 5.32 Å². The molecule has 0 aromatic rings. The van der Waals surface area contributed by atoms with Gasteiger partial charge in [0.05, 0.1) is 5.75 Å². The molecule has 0 saturated carbocycles. The Balaban J connectivity index is 2.25. The molecule has 0 aromatic heterocycles. The van der Waals surface area contributed by atoms with Crippen molar-refractivity contribution < 1.29 is 8.42 Å². The monoisotopic (exact) mass is 204 g/mol. The van der Waals surface area contributed by atoms with Crippen molar-refractivity contribution in [2.75, 3.05) is 31.9 Å². The summed E-state index contributed by atoms with van der Waals surface area (Å²) in [5, 5.41) is 3.08. The predicted molar refractivity (Wildman–Crippen MR) is 53.0 cm³/mol. The standard InChI is InChI=1S/C8H16N2O2S/c1-2-4-9-5-7-10-6-3-8-13(10,11)12/h2,9H,1,3-8H2. The summed E-state index contributed by atoms with van der Waals surface area (Å²) in [6.45, 7) is 6.25. The lowest BCUT2D eigenvalue weighted by molar-refractivity contribution is 0.438. The maximum atomic E-state index is 11.3. The fraction of sp³-hybridized carbons (Fsp3) is 0.750. The highest BCUT2D eigenvalue weighted by Crippen LogP contribution is 2.11. The van der Waals surface area contributed by atoms with Crippen molar-refractivity contribution in [2.24, 2.45) is 0 Å². The summed E-state index contributed by atoms with van der Waals surface area (Å²) in [5.74, 6) is 0.314. The second-order valence-corrected chi connectivity index (χ2v) is 5.15. The van der Waals surface area contributed by atoms with Crippen molar-refractivity contribution in [3.8, 4) is 0 Å². The fourth-order valence-electron chi connectivity index (χ4n) is 1.35. The average molecular weight is 204 g/mol. The number of nitrogens with one attached hydrogen (secondary N) is 1. The summed E-state index contributed by atoms with van der Waals surface area (Å²) in [6, 6.07) is 0. The summed E-state index contributed by atoms with van der Waals surface area (Å²) in [5.41, 5.74) is 0. The zero-order chi connectivity index (χ0) is 9.73. The van der Waals surface area contributed by atoms with Gasteiger partial charge in [-0.2, -0.15) is 0 Å². The van der Waals surface area contributed by atoms with Gasteiger partial charge in [-0.15, -0.1) is 6.58 Å². The third-order valence-corrected chi connectivity index (χ3v) is 3.99. The highest BCUT2D eigenvalue weighted by Gasteiger charge is 2.26. The SMILES string of the molecule is C=CCNCCN1CCCS1(=O)=O. The number of hydrogen-bond donors (Lipinski definition) is 1. The van der Waals surface area contributed by atoms with Gasteiger partial charge in [-0.1, -0.05) is 6.08 Å². The Labute approximate surface area is 79.7 Å². The maximum Gasteiger partial charge on any atom is 0.214 e. The molecule has 4 nitrogen and oxygen atoms in total. The second kappa shape index (κ2) is 4.74. The summed E-state index contributed by atoms with van der Waals surface area (Å²) in [7, 11) is -2.91. The first-order chi connectivity index (χ1) is 6.17. The van der Waals surface area contributed by atoms with Crippen LogP contribution in [0.5, 0.6) is 0 Å². The quantitative estimate of drug-likeness (QED) is 0.498. The molecule has 76 valence electrons. The van der Waals surface area contributed by atoms with Crippen LogP contribution in [-0.4, -0.2) is 44.7 Å². The Morgan fingerprint density at radius 1 is 1.54 bits per heavy atom. The largest absolute Gasteiger partial charge is 0.312 e. The molecule has 0 atom stereocenters. The van der Waals surface area contributed by atoms with Gasteiger partial charge < -0.3 is 5.32 Å². The molecule has 0 amide bonds. The number of hydrogen-bond acceptors (Lipinski definition) is 3. The van der Waals surface area contributed by atoms with Crippen LogP contribution in [0.15, 0.2) is 12.7 Å². The second-order valence-electron chi connectivity index (χ2n) is 3.06. The van der Waals surface area contributed by atoms with Gasteiger partial charge >= 0.3 is 0 Å². The Bertz CT molecular complexity index is 261. The number of sulfonamides is 1. The minimum atomic E-state index is -2.91. The third kappa shape index (κ3) is 3.10. The van der Waals surface area contributed by atoms with Crippen molar-refractivity contribution in [1.29, 1.82) is 0 Å². The zero-order valence-electron chi connectivity index (χ0n) is 7.70. The van der Waals surface area contributed by atoms with Crippen molar-refractivity contribution in [3.05, 3.63) is 12.7 Å². The minimum absolute atomic E-state index is 0.314. The molecule has 1 saturated heterocycles. The lowest BCUT2D eigenvalue weighted by Crippen LogP contribution is -2.33. The van der Waals surface area contributed by atoms with E-state index in [9.17, 15) is 8.42 Å². The number of rotatable bonds is 5. The van der Waals surface area contributed by atoms with Gasteiger partial charge in [0.25, 0.3) is 0 Å². The molecule has 0 unspecified atom stereocenters. The number of nitrogens with zero attached hydrogens (tertiary/aromatic N) is 1. The molecular formula is C8H16N2O2S. The predicted octanol–water partition coefficient (Wildman–Crippen LogP) is -0.202. The molecule has 0 bridgehead atoms. The van der Waals surface area contributed by atoms with Gasteiger partial charge in [-0.25, -0.2) is 12.7 Å². The molecule has 0 spiro atoms. The summed E-state index contributed by atoms with van der Waals surface area (Å²) >= 11 is 0. The van der Waals surface area contributed by atoms with E-state index in [-0.39, 0.29) is 0 Å². The molecule has 1 fully saturated rings. The zero-order valence-corrected chi connectivity index (χ0v) is 8.52. The van der Waals surface area contributed by atoms with Gasteiger partial charge in [-0.3, -0.25) is 0 Å². The molecular weight excluding hydrogens is 188 g/mol. The summed E-state index contributed by atoms with van der Waals surface area (Å²) in [4.78, 5) is 0. The van der Waals surface area contributed by atoms with E-state index in [0.29, 0.717) is 25.4 Å². The van der Waals surface area contributed by atoms with Crippen molar-refractivity contribution in [2.45, 2.75) is 6.42 Å². The van der Waals surface area contributed by atoms with E-state index in [1.54, 1.807) is 10.4 Å². The third-order valence-electron chi connectivity index (χ3n) is 2.03. The Morgan fingerprint density at radius 3 is 2.85 bits per heavy atom. The Morgan fingerprint density at radius 2 is 2.31 bits per heavy atom. The van der Waals surface area contributed by atoms with Crippen LogP contribution in [0.1, 0.15) is 6.42 Å². The van der Waals surface area contributed by atoms with E-state index in [2.05, 4.69) is 11.9 Å². The first-order valence-corrected chi connectivity index (χ1v) is 6.07. The van der Waals surface area contributed by atoms with Crippen molar-refractivity contribution in [3.63, 3.8) is 0 Å². The molecule has 0 radical (unpaired) electrons. The van der Waals surface area contributed by atoms with Crippen molar-refractivity contribution in [1.82, 2.24) is 9.62 Å². The topological polar surface area (TPSA) is 49.4 Å². The van der Waals surface area contributed by atoms with Gasteiger partial charge in [0.2, 0.25) is 10.0 Å². The maximum absolute atomic E-state index is 11.3. The molecule has 5 heteroatoms. The molecule has 1 aliphatic rings. The highest BCUT2D eigenvalue weighted by molar-refractivity contribution is 7.89. The van der Waals surface area contributed by atoms with Gasteiger partial charge in [0.15, 0.2) is 0 Å². The Kier molecular flexibility index (Phi) is 3.90. The van der Waals surface area contributed by atoms with Crippen LogP contribution in [0.2, 0.25) is 0 Å². The van der Waals surface area contributed by atoms with E-state index in [0.717, 1.165) is 13.0 Å². The summed E-state index contributed by atoms with van der Waals surface area (Å²) in [6.07, 6.45) is 2.53. The van der Waals surface area contributed by atoms with Crippen LogP contribution in [0.3, 0.4) is 0 Å². The van der Waals surface area contributed by atoms with E-state index in [1.807, 2.05) is 0 Å². The minimum Gasteiger partial charge on any atom is -0.312 e. The van der Waals surface area contributed by atoms with Crippen LogP contribution in [-0.2, 0) is 10.0 Å². The molecule has 0 aromatic carbocycles. The smallest absolute Gasteiger partial charge is 0.214 e. The Hall–Kier alpha value is -0.390.